The molecule has 0 radical (unpaired) electrons. The van der Waals surface area contributed by atoms with E-state index in [1.165, 1.54) is 0 Å². The van der Waals surface area contributed by atoms with Crippen molar-refractivity contribution < 1.29 is 9.53 Å². The van der Waals surface area contributed by atoms with Gasteiger partial charge in [0.15, 0.2) is 0 Å². The quantitative estimate of drug-likeness (QED) is 0.440. The minimum atomic E-state index is 0.110. The van der Waals surface area contributed by atoms with Gasteiger partial charge in [-0.05, 0) is 19.1 Å². The summed E-state index contributed by atoms with van der Waals surface area (Å²) in [6.45, 7) is 5.06. The first-order chi connectivity index (χ1) is 7.31. The lowest BCUT2D eigenvalue weighted by molar-refractivity contribution is -0.120. The van der Waals surface area contributed by atoms with Crippen LogP contribution in [0.4, 0.5) is 0 Å². The first-order valence-electron chi connectivity index (χ1n) is 5.41. The molecule has 0 aliphatic heterocycles. The topological polar surface area (TPSA) is 50.4 Å². The second kappa shape index (κ2) is 11.8. The zero-order chi connectivity index (χ0) is 11.4. The van der Waals surface area contributed by atoms with Gasteiger partial charge in [0, 0.05) is 32.7 Å². The van der Waals surface area contributed by atoms with Crippen molar-refractivity contribution in [2.24, 2.45) is 0 Å². The van der Waals surface area contributed by atoms with Crippen LogP contribution in [0.15, 0.2) is 0 Å². The van der Waals surface area contributed by atoms with Gasteiger partial charge < -0.3 is 10.1 Å². The highest BCUT2D eigenvalue weighted by molar-refractivity contribution is 7.96. The van der Waals surface area contributed by atoms with E-state index < -0.39 is 0 Å². The molecule has 90 valence electrons. The van der Waals surface area contributed by atoms with Crippen LogP contribution in [0.2, 0.25) is 0 Å². The molecule has 0 aliphatic rings. The van der Waals surface area contributed by atoms with Crippen LogP contribution < -0.4 is 10.0 Å². The van der Waals surface area contributed by atoms with Crippen molar-refractivity contribution in [3.8, 4) is 0 Å². The predicted octanol–water partition coefficient (Wildman–Crippen LogP) is 1.18. The van der Waals surface area contributed by atoms with E-state index in [2.05, 4.69) is 10.0 Å². The van der Waals surface area contributed by atoms with Gasteiger partial charge in [0.2, 0.25) is 5.91 Å². The monoisotopic (exact) mass is 234 g/mol. The van der Waals surface area contributed by atoms with Crippen LogP contribution in [0.3, 0.4) is 0 Å². The summed E-state index contributed by atoms with van der Waals surface area (Å²) in [6.07, 6.45) is 4.49. The van der Waals surface area contributed by atoms with E-state index >= 15 is 0 Å². The highest BCUT2D eigenvalue weighted by Crippen LogP contribution is 1.87. The number of hydrogen-bond donors (Lipinski definition) is 2. The molecule has 0 aromatic heterocycles. The number of amides is 1. The molecular weight excluding hydrogens is 212 g/mol. The predicted molar refractivity (Wildman–Crippen MR) is 64.9 cm³/mol. The van der Waals surface area contributed by atoms with E-state index in [0.717, 1.165) is 39.1 Å². The van der Waals surface area contributed by atoms with E-state index in [1.807, 2.05) is 13.2 Å². The molecule has 4 nitrogen and oxygen atoms in total. The third-order valence-electron chi connectivity index (χ3n) is 1.82. The molecule has 0 rings (SSSR count). The third kappa shape index (κ3) is 11.7. The molecular formula is C10H22N2O2S. The van der Waals surface area contributed by atoms with Gasteiger partial charge in [0.1, 0.15) is 0 Å². The zero-order valence-electron chi connectivity index (χ0n) is 9.67. The maximum Gasteiger partial charge on any atom is 0.219 e. The molecule has 0 bridgehead atoms. The minimum absolute atomic E-state index is 0.110. The van der Waals surface area contributed by atoms with Crippen LogP contribution in [0.1, 0.15) is 26.2 Å². The van der Waals surface area contributed by atoms with Crippen molar-refractivity contribution in [2.45, 2.75) is 26.2 Å². The Hall–Kier alpha value is -0.260. The Morgan fingerprint density at radius 2 is 1.93 bits per heavy atom. The summed E-state index contributed by atoms with van der Waals surface area (Å²) in [7, 11) is 0. The molecule has 0 saturated carbocycles. The molecule has 0 aromatic rings. The van der Waals surface area contributed by atoms with E-state index in [1.54, 1.807) is 11.9 Å². The number of rotatable bonds is 10. The van der Waals surface area contributed by atoms with Crippen LogP contribution >= 0.6 is 11.9 Å². The Morgan fingerprint density at radius 1 is 1.27 bits per heavy atom. The number of ether oxygens (including phenoxy) is 1. The van der Waals surface area contributed by atoms with Gasteiger partial charge in [0.25, 0.3) is 0 Å². The summed E-state index contributed by atoms with van der Waals surface area (Å²) in [4.78, 5) is 10.9. The molecule has 0 heterocycles. The van der Waals surface area contributed by atoms with Crippen LogP contribution in [0.5, 0.6) is 0 Å². The maximum atomic E-state index is 10.9. The van der Waals surface area contributed by atoms with Crippen LogP contribution in [-0.2, 0) is 9.53 Å². The Balaban J connectivity index is 2.95. The molecule has 1 amide bonds. The normalized spacial score (nSPS) is 10.3. The summed E-state index contributed by atoms with van der Waals surface area (Å²) in [5.74, 6) is 0.110. The smallest absolute Gasteiger partial charge is 0.219 e. The van der Waals surface area contributed by atoms with E-state index in [9.17, 15) is 4.79 Å². The van der Waals surface area contributed by atoms with Gasteiger partial charge in [-0.15, -0.1) is 0 Å². The van der Waals surface area contributed by atoms with Gasteiger partial charge in [-0.25, -0.2) is 0 Å². The molecule has 2 N–H and O–H groups in total. The highest BCUT2D eigenvalue weighted by atomic mass is 32.2. The zero-order valence-corrected chi connectivity index (χ0v) is 10.5. The lowest BCUT2D eigenvalue weighted by atomic mass is 10.4. The Kier molecular flexibility index (Phi) is 11.6. The molecule has 5 heteroatoms. The largest absolute Gasteiger partial charge is 0.381 e. The van der Waals surface area contributed by atoms with Crippen molar-refractivity contribution in [2.75, 3.05) is 32.6 Å². The molecule has 0 aromatic carbocycles. The average molecular weight is 234 g/mol. The van der Waals surface area contributed by atoms with Gasteiger partial charge in [-0.3, -0.25) is 9.52 Å². The molecule has 0 spiro atoms. The van der Waals surface area contributed by atoms with Crippen LogP contribution in [-0.4, -0.2) is 38.5 Å². The van der Waals surface area contributed by atoms with E-state index in [0.29, 0.717) is 6.42 Å². The number of carbonyl (C=O) groups is 1. The summed E-state index contributed by atoms with van der Waals surface area (Å²) in [5.41, 5.74) is 0. The number of nitrogens with one attached hydrogen (secondary N) is 2. The third-order valence-corrected chi connectivity index (χ3v) is 2.31. The summed E-state index contributed by atoms with van der Waals surface area (Å²) < 4.78 is 8.55. The molecule has 0 atom stereocenters. The molecule has 15 heavy (non-hydrogen) atoms. The fraction of sp³-hybridized carbons (Fsp3) is 0.900. The van der Waals surface area contributed by atoms with Gasteiger partial charge in [-0.1, -0.05) is 18.9 Å². The Morgan fingerprint density at radius 3 is 2.53 bits per heavy atom. The molecule has 0 aliphatic carbocycles. The lowest BCUT2D eigenvalue weighted by Gasteiger charge is -2.05. The van der Waals surface area contributed by atoms with Crippen molar-refractivity contribution in [3.05, 3.63) is 0 Å². The standard InChI is InChI=1S/C10H22N2O2S/c1-3-10(13)11-6-4-8-14-9-5-7-12-15-2/h12H,3-9H2,1-2H3,(H,11,13). The van der Waals surface area contributed by atoms with Crippen molar-refractivity contribution in [1.82, 2.24) is 10.0 Å². The van der Waals surface area contributed by atoms with Crippen molar-refractivity contribution >= 4 is 17.9 Å². The molecule has 0 saturated heterocycles. The Bertz CT molecular complexity index is 156. The summed E-state index contributed by atoms with van der Waals surface area (Å²) >= 11 is 1.63. The minimum Gasteiger partial charge on any atom is -0.381 e. The lowest BCUT2D eigenvalue weighted by Crippen LogP contribution is -2.24. The highest BCUT2D eigenvalue weighted by Gasteiger charge is 1.94. The van der Waals surface area contributed by atoms with Gasteiger partial charge in [0.05, 0.1) is 0 Å². The second-order valence-electron chi connectivity index (χ2n) is 3.12. The Labute approximate surface area is 96.7 Å². The second-order valence-corrected chi connectivity index (χ2v) is 3.82. The number of hydrogen-bond acceptors (Lipinski definition) is 4. The first-order valence-corrected chi connectivity index (χ1v) is 6.64. The fourth-order valence-electron chi connectivity index (χ4n) is 0.978. The fourth-order valence-corrected chi connectivity index (χ4v) is 1.33. The van der Waals surface area contributed by atoms with Crippen molar-refractivity contribution in [3.63, 3.8) is 0 Å². The molecule has 0 unspecified atom stereocenters. The maximum absolute atomic E-state index is 10.9. The summed E-state index contributed by atoms with van der Waals surface area (Å²) in [6, 6.07) is 0. The van der Waals surface area contributed by atoms with E-state index in [4.69, 9.17) is 4.74 Å². The first kappa shape index (κ1) is 14.7. The van der Waals surface area contributed by atoms with Gasteiger partial charge >= 0.3 is 0 Å². The molecule has 0 fully saturated rings. The van der Waals surface area contributed by atoms with Gasteiger partial charge in [-0.2, -0.15) is 0 Å². The van der Waals surface area contributed by atoms with Crippen LogP contribution in [0.25, 0.3) is 0 Å². The number of carbonyl (C=O) groups excluding carboxylic acids is 1. The summed E-state index contributed by atoms with van der Waals surface area (Å²) in [5, 5.41) is 2.81. The SMILES string of the molecule is CCC(=O)NCCCOCCCNSC. The van der Waals surface area contributed by atoms with E-state index in [-0.39, 0.29) is 5.91 Å². The van der Waals surface area contributed by atoms with Crippen LogP contribution in [0, 0.1) is 0 Å². The van der Waals surface area contributed by atoms with Crippen molar-refractivity contribution in [1.29, 1.82) is 0 Å². The average Bonchev–Trinajstić information content (AvgIpc) is 2.26.